The molecule has 1 aromatic heterocycles. The van der Waals surface area contributed by atoms with Gasteiger partial charge in [-0.1, -0.05) is 23.2 Å². The van der Waals surface area contributed by atoms with Crippen LogP contribution in [0, 0.1) is 0 Å². The van der Waals surface area contributed by atoms with Gasteiger partial charge >= 0.3 is 5.97 Å². The van der Waals surface area contributed by atoms with Crippen molar-refractivity contribution in [3.8, 4) is 0 Å². The van der Waals surface area contributed by atoms with Crippen LogP contribution in [0.25, 0.3) is 0 Å². The average molecular weight is 311 g/mol. The summed E-state index contributed by atoms with van der Waals surface area (Å²) < 4.78 is 0. The summed E-state index contributed by atoms with van der Waals surface area (Å²) in [6, 6.07) is 7.00. The Hall–Kier alpha value is -2.11. The number of pyridine rings is 1. The van der Waals surface area contributed by atoms with Crippen LogP contribution in [0.1, 0.15) is 20.8 Å². The number of benzene rings is 1. The highest BCUT2D eigenvalue weighted by atomic mass is 35.5. The summed E-state index contributed by atoms with van der Waals surface area (Å²) in [5, 5.41) is 12.2. The molecule has 0 radical (unpaired) electrons. The minimum Gasteiger partial charge on any atom is -0.478 e. The van der Waals surface area contributed by atoms with Gasteiger partial charge in [0.2, 0.25) is 0 Å². The Morgan fingerprint density at radius 2 is 1.80 bits per heavy atom. The van der Waals surface area contributed by atoms with E-state index in [-0.39, 0.29) is 16.9 Å². The van der Waals surface area contributed by atoms with Crippen LogP contribution < -0.4 is 5.32 Å². The van der Waals surface area contributed by atoms with Gasteiger partial charge in [-0.25, -0.2) is 4.79 Å². The van der Waals surface area contributed by atoms with Crippen LogP contribution in [-0.2, 0) is 0 Å². The number of hydrogen-bond acceptors (Lipinski definition) is 3. The predicted octanol–water partition coefficient (Wildman–Crippen LogP) is 3.34. The molecule has 2 aromatic rings. The summed E-state index contributed by atoms with van der Waals surface area (Å²) in [5.74, 6) is -1.74. The molecule has 0 saturated heterocycles. The maximum atomic E-state index is 12.0. The molecule has 102 valence electrons. The predicted molar refractivity (Wildman–Crippen MR) is 75.6 cm³/mol. The van der Waals surface area contributed by atoms with Gasteiger partial charge in [0, 0.05) is 16.2 Å². The van der Waals surface area contributed by atoms with E-state index in [1.165, 1.54) is 36.5 Å². The van der Waals surface area contributed by atoms with Crippen LogP contribution in [0.2, 0.25) is 10.0 Å². The number of anilines is 1. The van der Waals surface area contributed by atoms with Crippen LogP contribution in [0.3, 0.4) is 0 Å². The van der Waals surface area contributed by atoms with E-state index in [1.807, 2.05) is 0 Å². The van der Waals surface area contributed by atoms with Gasteiger partial charge in [-0.3, -0.25) is 9.78 Å². The summed E-state index contributed by atoms with van der Waals surface area (Å²) >= 11 is 11.6. The molecule has 2 rings (SSSR count). The Morgan fingerprint density at radius 1 is 1.10 bits per heavy atom. The molecule has 0 aliphatic carbocycles. The maximum Gasteiger partial charge on any atom is 0.337 e. The molecule has 0 unspecified atom stereocenters. The molecule has 0 aliphatic heterocycles. The number of halogens is 2. The molecule has 20 heavy (non-hydrogen) atoms. The number of aromatic nitrogens is 1. The number of nitrogens with zero attached hydrogens (tertiary/aromatic N) is 1. The molecule has 2 N–H and O–H groups in total. The molecule has 0 bridgehead atoms. The van der Waals surface area contributed by atoms with Crippen LogP contribution in [0.4, 0.5) is 5.69 Å². The monoisotopic (exact) mass is 310 g/mol. The van der Waals surface area contributed by atoms with E-state index in [9.17, 15) is 9.59 Å². The van der Waals surface area contributed by atoms with Gasteiger partial charge < -0.3 is 10.4 Å². The van der Waals surface area contributed by atoms with Crippen LogP contribution in [0.15, 0.2) is 36.5 Å². The van der Waals surface area contributed by atoms with Gasteiger partial charge in [0.15, 0.2) is 0 Å². The van der Waals surface area contributed by atoms with E-state index < -0.39 is 11.9 Å². The molecule has 0 fully saturated rings. The first kappa shape index (κ1) is 14.3. The average Bonchev–Trinajstić information content (AvgIpc) is 2.38. The fourth-order valence-corrected chi connectivity index (χ4v) is 1.85. The zero-order valence-electron chi connectivity index (χ0n) is 9.93. The number of nitrogens with one attached hydrogen (secondary N) is 1. The molecule has 1 amide bonds. The molecular formula is C13H8Cl2N2O3. The summed E-state index contributed by atoms with van der Waals surface area (Å²) in [4.78, 5) is 26.9. The highest BCUT2D eigenvalue weighted by Crippen LogP contribution is 2.22. The van der Waals surface area contributed by atoms with Crippen molar-refractivity contribution in [1.29, 1.82) is 0 Å². The van der Waals surface area contributed by atoms with Crippen molar-refractivity contribution in [1.82, 2.24) is 4.98 Å². The quantitative estimate of drug-likeness (QED) is 0.911. The van der Waals surface area contributed by atoms with Gasteiger partial charge in [0.25, 0.3) is 5.91 Å². The molecule has 0 aliphatic rings. The largest absolute Gasteiger partial charge is 0.478 e. The van der Waals surface area contributed by atoms with Crippen LogP contribution in [0.5, 0.6) is 0 Å². The SMILES string of the molecule is O=C(Nc1cc(Cl)ccc1C(=O)O)c1cc(Cl)ccn1. The van der Waals surface area contributed by atoms with Crippen molar-refractivity contribution in [3.05, 3.63) is 57.8 Å². The van der Waals surface area contributed by atoms with Gasteiger partial charge in [-0.15, -0.1) is 0 Å². The first-order chi connectivity index (χ1) is 9.47. The smallest absolute Gasteiger partial charge is 0.337 e. The Labute approximate surface area is 124 Å². The third-order valence-electron chi connectivity index (χ3n) is 2.41. The molecule has 5 nitrogen and oxygen atoms in total. The fourth-order valence-electron chi connectivity index (χ4n) is 1.52. The number of rotatable bonds is 3. The molecule has 1 heterocycles. The maximum absolute atomic E-state index is 12.0. The number of carbonyl (C=O) groups is 2. The van der Waals surface area contributed by atoms with Gasteiger partial charge in [0.05, 0.1) is 11.3 Å². The second kappa shape index (κ2) is 5.90. The van der Waals surface area contributed by atoms with Gasteiger partial charge in [-0.2, -0.15) is 0 Å². The standard InChI is InChI=1S/C13H8Cl2N2O3/c14-7-1-2-9(13(19)20)10(5-7)17-12(18)11-6-8(15)3-4-16-11/h1-6H,(H,17,18)(H,19,20). The third kappa shape index (κ3) is 3.26. The minimum atomic E-state index is -1.17. The van der Waals surface area contributed by atoms with E-state index in [0.29, 0.717) is 10.0 Å². The highest BCUT2D eigenvalue weighted by molar-refractivity contribution is 6.31. The number of hydrogen-bond donors (Lipinski definition) is 2. The lowest BCUT2D eigenvalue weighted by Gasteiger charge is -2.08. The number of amides is 1. The van der Waals surface area contributed by atoms with Crippen molar-refractivity contribution in [2.24, 2.45) is 0 Å². The second-order valence-electron chi connectivity index (χ2n) is 3.81. The Kier molecular flexibility index (Phi) is 4.22. The van der Waals surface area contributed by atoms with Crippen molar-refractivity contribution >= 4 is 40.8 Å². The third-order valence-corrected chi connectivity index (χ3v) is 2.89. The Bertz CT molecular complexity index is 689. The Balaban J connectivity index is 2.32. The first-order valence-corrected chi connectivity index (χ1v) is 6.18. The topological polar surface area (TPSA) is 79.3 Å². The lowest BCUT2D eigenvalue weighted by Crippen LogP contribution is -2.16. The van der Waals surface area contributed by atoms with Crippen LogP contribution >= 0.6 is 23.2 Å². The molecule has 7 heteroatoms. The van der Waals surface area contributed by atoms with E-state index in [0.717, 1.165) is 0 Å². The number of carboxylic acid groups (broad SMARTS) is 1. The minimum absolute atomic E-state index is 0.0650. The van der Waals surface area contributed by atoms with E-state index in [2.05, 4.69) is 10.3 Å². The number of carboxylic acids is 1. The molecule has 0 saturated carbocycles. The van der Waals surface area contributed by atoms with Crippen molar-refractivity contribution in [2.45, 2.75) is 0 Å². The van der Waals surface area contributed by atoms with Crippen molar-refractivity contribution in [3.63, 3.8) is 0 Å². The molecule has 0 atom stereocenters. The van der Waals surface area contributed by atoms with E-state index in [4.69, 9.17) is 28.3 Å². The highest BCUT2D eigenvalue weighted by Gasteiger charge is 2.15. The van der Waals surface area contributed by atoms with Crippen molar-refractivity contribution < 1.29 is 14.7 Å². The summed E-state index contributed by atoms with van der Waals surface area (Å²) in [6.45, 7) is 0. The Morgan fingerprint density at radius 3 is 2.45 bits per heavy atom. The fraction of sp³-hybridized carbons (Fsp3) is 0. The zero-order chi connectivity index (χ0) is 14.7. The van der Waals surface area contributed by atoms with Crippen molar-refractivity contribution in [2.75, 3.05) is 5.32 Å². The second-order valence-corrected chi connectivity index (χ2v) is 4.68. The normalized spacial score (nSPS) is 10.1. The number of aromatic carboxylic acids is 1. The van der Waals surface area contributed by atoms with E-state index in [1.54, 1.807) is 0 Å². The molecular weight excluding hydrogens is 303 g/mol. The summed E-state index contributed by atoms with van der Waals surface area (Å²) in [6.07, 6.45) is 1.38. The number of carbonyl (C=O) groups excluding carboxylic acids is 1. The molecule has 0 spiro atoms. The summed E-state index contributed by atoms with van der Waals surface area (Å²) in [5.41, 5.74) is 0.107. The lowest BCUT2D eigenvalue weighted by atomic mass is 10.1. The van der Waals surface area contributed by atoms with Crippen LogP contribution in [-0.4, -0.2) is 22.0 Å². The van der Waals surface area contributed by atoms with Gasteiger partial charge in [0.1, 0.15) is 5.69 Å². The lowest BCUT2D eigenvalue weighted by molar-refractivity contribution is 0.0698. The summed E-state index contributed by atoms with van der Waals surface area (Å²) in [7, 11) is 0. The van der Waals surface area contributed by atoms with Gasteiger partial charge in [-0.05, 0) is 30.3 Å². The zero-order valence-corrected chi connectivity index (χ0v) is 11.4. The molecule has 1 aromatic carbocycles. The first-order valence-electron chi connectivity index (χ1n) is 5.43. The van der Waals surface area contributed by atoms with E-state index >= 15 is 0 Å².